The third-order valence-corrected chi connectivity index (χ3v) is 2.81. The topological polar surface area (TPSA) is 63.6 Å². The molecule has 1 unspecified atom stereocenters. The Kier molecular flexibility index (Phi) is 4.13. The molecule has 0 aromatic carbocycles. The zero-order valence-electron chi connectivity index (χ0n) is 9.05. The summed E-state index contributed by atoms with van der Waals surface area (Å²) in [5.74, 6) is -1.94. The molecule has 1 saturated carbocycles. The molecule has 1 aliphatic rings. The lowest BCUT2D eigenvalue weighted by molar-refractivity contribution is -0.189. The molecule has 0 radical (unpaired) electrons. The first kappa shape index (κ1) is 14.0. The Labute approximate surface area is 95.7 Å². The fourth-order valence-corrected chi connectivity index (χ4v) is 1.87. The zero-order chi connectivity index (χ0) is 13.1. The molecule has 0 amide bonds. The molecule has 4 nitrogen and oxygen atoms in total. The van der Waals surface area contributed by atoms with Gasteiger partial charge >= 0.3 is 12.1 Å². The van der Waals surface area contributed by atoms with Gasteiger partial charge in [0.2, 0.25) is 0 Å². The number of ketones is 1. The predicted molar refractivity (Wildman–Crippen MR) is 50.4 cm³/mol. The summed E-state index contributed by atoms with van der Waals surface area (Å²) in [6, 6.07) is 0. The van der Waals surface area contributed by atoms with E-state index in [1.165, 1.54) is 0 Å². The smallest absolute Gasteiger partial charge is 0.411 e. The summed E-state index contributed by atoms with van der Waals surface area (Å²) in [5, 5.41) is 9.01. The van der Waals surface area contributed by atoms with E-state index in [2.05, 4.69) is 4.74 Å². The summed E-state index contributed by atoms with van der Waals surface area (Å²) >= 11 is 0. The van der Waals surface area contributed by atoms with Crippen LogP contribution in [-0.2, 0) is 14.3 Å². The van der Waals surface area contributed by atoms with E-state index in [0.29, 0.717) is 12.8 Å². The van der Waals surface area contributed by atoms with Gasteiger partial charge in [-0.15, -0.1) is 0 Å². The molecule has 0 heterocycles. The SMILES string of the molecule is O=C(O)C1(COCC(F)(F)F)CCCCC1=O. The number of carboxylic acid groups (broad SMARTS) is 1. The number of alkyl halides is 3. The highest BCUT2D eigenvalue weighted by Crippen LogP contribution is 2.34. The van der Waals surface area contributed by atoms with Gasteiger partial charge in [-0.2, -0.15) is 13.2 Å². The molecule has 0 aromatic heterocycles. The summed E-state index contributed by atoms with van der Waals surface area (Å²) in [6.07, 6.45) is -3.31. The Morgan fingerprint density at radius 3 is 2.53 bits per heavy atom. The number of carboxylic acids is 1. The molecule has 7 heteroatoms. The van der Waals surface area contributed by atoms with Gasteiger partial charge in [0.1, 0.15) is 12.0 Å². The molecule has 1 fully saturated rings. The van der Waals surface area contributed by atoms with Gasteiger partial charge in [0.05, 0.1) is 6.61 Å². The summed E-state index contributed by atoms with van der Waals surface area (Å²) in [5.41, 5.74) is -1.79. The minimum absolute atomic E-state index is 0.0407. The van der Waals surface area contributed by atoms with Crippen LogP contribution < -0.4 is 0 Å². The Hall–Kier alpha value is -1.11. The lowest BCUT2D eigenvalue weighted by Gasteiger charge is -2.31. The number of halogens is 3. The summed E-state index contributed by atoms with van der Waals surface area (Å²) in [7, 11) is 0. The quantitative estimate of drug-likeness (QED) is 0.777. The molecule has 0 saturated heterocycles. The van der Waals surface area contributed by atoms with Gasteiger partial charge in [-0.05, 0) is 12.8 Å². The Bertz CT molecular complexity index is 313. The van der Waals surface area contributed by atoms with E-state index in [4.69, 9.17) is 5.11 Å². The minimum atomic E-state index is -4.52. The van der Waals surface area contributed by atoms with Gasteiger partial charge in [0.15, 0.2) is 5.78 Å². The average molecular weight is 254 g/mol. The maximum absolute atomic E-state index is 11.9. The van der Waals surface area contributed by atoms with Crippen LogP contribution in [0, 0.1) is 5.41 Å². The van der Waals surface area contributed by atoms with Gasteiger partial charge in [0.25, 0.3) is 0 Å². The maximum atomic E-state index is 11.9. The second-order valence-electron chi connectivity index (χ2n) is 4.13. The van der Waals surface area contributed by atoms with E-state index in [9.17, 15) is 22.8 Å². The largest absolute Gasteiger partial charge is 0.480 e. The molecule has 0 aliphatic heterocycles. The molecule has 1 atom stereocenters. The zero-order valence-corrected chi connectivity index (χ0v) is 9.05. The number of rotatable bonds is 4. The molecular weight excluding hydrogens is 241 g/mol. The van der Waals surface area contributed by atoms with E-state index in [0.717, 1.165) is 0 Å². The maximum Gasteiger partial charge on any atom is 0.411 e. The third-order valence-electron chi connectivity index (χ3n) is 2.81. The lowest BCUT2D eigenvalue weighted by atomic mass is 9.73. The van der Waals surface area contributed by atoms with Crippen LogP contribution in [0.5, 0.6) is 0 Å². The van der Waals surface area contributed by atoms with Crippen molar-refractivity contribution in [1.82, 2.24) is 0 Å². The first-order chi connectivity index (χ1) is 7.78. The Balaban J connectivity index is 2.66. The minimum Gasteiger partial charge on any atom is -0.480 e. The number of hydrogen-bond acceptors (Lipinski definition) is 3. The van der Waals surface area contributed by atoms with Crippen molar-refractivity contribution in [3.8, 4) is 0 Å². The van der Waals surface area contributed by atoms with Crippen LogP contribution in [0.25, 0.3) is 0 Å². The normalized spacial score (nSPS) is 25.9. The van der Waals surface area contributed by atoms with E-state index < -0.39 is 36.6 Å². The van der Waals surface area contributed by atoms with Crippen molar-refractivity contribution in [3.05, 3.63) is 0 Å². The summed E-state index contributed by atoms with van der Waals surface area (Å²) in [6.45, 7) is -2.24. The standard InChI is InChI=1S/C10H13F3O4/c11-10(12,13)6-17-5-9(8(15)16)4-2-1-3-7(9)14/h1-6H2,(H,15,16). The van der Waals surface area contributed by atoms with Crippen molar-refractivity contribution in [1.29, 1.82) is 0 Å². The monoisotopic (exact) mass is 254 g/mol. The fourth-order valence-electron chi connectivity index (χ4n) is 1.87. The van der Waals surface area contributed by atoms with Crippen molar-refractivity contribution in [2.45, 2.75) is 31.9 Å². The third kappa shape index (κ3) is 3.42. The van der Waals surface area contributed by atoms with Gasteiger partial charge in [-0.25, -0.2) is 0 Å². The highest BCUT2D eigenvalue weighted by Gasteiger charge is 2.47. The van der Waals surface area contributed by atoms with Crippen LogP contribution in [0.15, 0.2) is 0 Å². The summed E-state index contributed by atoms with van der Waals surface area (Å²) in [4.78, 5) is 22.6. The molecule has 1 N–H and O–H groups in total. The van der Waals surface area contributed by atoms with Gasteiger partial charge in [0, 0.05) is 6.42 Å². The van der Waals surface area contributed by atoms with Crippen molar-refractivity contribution >= 4 is 11.8 Å². The summed E-state index contributed by atoms with van der Waals surface area (Å²) < 4.78 is 40.0. The second-order valence-corrected chi connectivity index (χ2v) is 4.13. The number of aliphatic carboxylic acids is 1. The second kappa shape index (κ2) is 5.03. The van der Waals surface area contributed by atoms with Crippen LogP contribution in [0.3, 0.4) is 0 Å². The van der Waals surface area contributed by atoms with Crippen LogP contribution in [0.4, 0.5) is 13.2 Å². The predicted octanol–water partition coefficient (Wildman–Crippen LogP) is 1.78. The Morgan fingerprint density at radius 2 is 2.06 bits per heavy atom. The van der Waals surface area contributed by atoms with Gasteiger partial charge in [-0.1, -0.05) is 6.42 Å². The van der Waals surface area contributed by atoms with Crippen molar-refractivity contribution in [3.63, 3.8) is 0 Å². The van der Waals surface area contributed by atoms with Gasteiger partial charge < -0.3 is 9.84 Å². The average Bonchev–Trinajstić information content (AvgIpc) is 2.18. The number of ether oxygens (including phenoxy) is 1. The number of Topliss-reactive ketones (excluding diaryl/α,β-unsaturated/α-hetero) is 1. The van der Waals surface area contributed by atoms with Crippen LogP contribution in [0.2, 0.25) is 0 Å². The van der Waals surface area contributed by atoms with Crippen LogP contribution >= 0.6 is 0 Å². The van der Waals surface area contributed by atoms with E-state index in [1.807, 2.05) is 0 Å². The molecule has 1 aliphatic carbocycles. The van der Waals surface area contributed by atoms with E-state index >= 15 is 0 Å². The highest BCUT2D eigenvalue weighted by atomic mass is 19.4. The van der Waals surface area contributed by atoms with Gasteiger partial charge in [-0.3, -0.25) is 9.59 Å². The molecular formula is C10H13F3O4. The molecule has 0 spiro atoms. The Morgan fingerprint density at radius 1 is 1.41 bits per heavy atom. The fraction of sp³-hybridized carbons (Fsp3) is 0.800. The van der Waals surface area contributed by atoms with E-state index in [1.54, 1.807) is 0 Å². The van der Waals surface area contributed by atoms with Crippen molar-refractivity contribution in [2.24, 2.45) is 5.41 Å². The molecule has 17 heavy (non-hydrogen) atoms. The van der Waals surface area contributed by atoms with Crippen molar-refractivity contribution in [2.75, 3.05) is 13.2 Å². The van der Waals surface area contributed by atoms with E-state index in [-0.39, 0.29) is 12.8 Å². The highest BCUT2D eigenvalue weighted by molar-refractivity contribution is 6.03. The molecule has 98 valence electrons. The number of hydrogen-bond donors (Lipinski definition) is 1. The van der Waals surface area contributed by atoms with Crippen LogP contribution in [-0.4, -0.2) is 36.2 Å². The number of carbonyl (C=O) groups is 2. The number of carbonyl (C=O) groups excluding carboxylic acids is 1. The van der Waals surface area contributed by atoms with Crippen LogP contribution in [0.1, 0.15) is 25.7 Å². The molecule has 1 rings (SSSR count). The first-order valence-corrected chi connectivity index (χ1v) is 5.19. The molecule has 0 aromatic rings. The molecule has 0 bridgehead atoms. The lowest BCUT2D eigenvalue weighted by Crippen LogP contribution is -2.46. The van der Waals surface area contributed by atoms with Crippen molar-refractivity contribution < 1.29 is 32.6 Å². The first-order valence-electron chi connectivity index (χ1n) is 5.19.